The molecule has 0 heterocycles. The van der Waals surface area contributed by atoms with Gasteiger partial charge in [-0.3, -0.25) is 4.79 Å². The second-order valence-corrected chi connectivity index (χ2v) is 4.83. The van der Waals surface area contributed by atoms with Gasteiger partial charge in [0.05, 0.1) is 0 Å². The predicted octanol–water partition coefficient (Wildman–Crippen LogP) is 0.875. The van der Waals surface area contributed by atoms with Crippen molar-refractivity contribution in [2.24, 2.45) is 11.7 Å². The van der Waals surface area contributed by atoms with Gasteiger partial charge in [-0.2, -0.15) is 0 Å². The van der Waals surface area contributed by atoms with Crippen LogP contribution in [0.15, 0.2) is 0 Å². The van der Waals surface area contributed by atoms with Crippen LogP contribution in [0, 0.1) is 5.92 Å². The van der Waals surface area contributed by atoms with Gasteiger partial charge in [0.25, 0.3) is 0 Å². The number of nitrogens with one attached hydrogen (secondary N) is 1. The third-order valence-corrected chi connectivity index (χ3v) is 3.70. The van der Waals surface area contributed by atoms with Gasteiger partial charge >= 0.3 is 5.97 Å². The zero-order valence-electron chi connectivity index (χ0n) is 10.4. The molecule has 1 rings (SSSR count). The van der Waals surface area contributed by atoms with E-state index < -0.39 is 11.5 Å². The Labute approximate surface area is 102 Å². The zero-order valence-corrected chi connectivity index (χ0v) is 10.4. The van der Waals surface area contributed by atoms with Gasteiger partial charge in [0, 0.05) is 13.0 Å². The molecule has 0 aromatic heterocycles. The smallest absolute Gasteiger partial charge is 0.329 e. The summed E-state index contributed by atoms with van der Waals surface area (Å²) in [4.78, 5) is 22.9. The maximum Gasteiger partial charge on any atom is 0.329 e. The Morgan fingerprint density at radius 3 is 2.41 bits per heavy atom. The highest BCUT2D eigenvalue weighted by Gasteiger charge is 2.42. The Morgan fingerprint density at radius 1 is 1.41 bits per heavy atom. The summed E-state index contributed by atoms with van der Waals surface area (Å²) in [5.74, 6) is -0.587. The van der Waals surface area contributed by atoms with Gasteiger partial charge < -0.3 is 16.2 Å². The zero-order chi connectivity index (χ0) is 12.9. The monoisotopic (exact) mass is 242 g/mol. The van der Waals surface area contributed by atoms with Crippen molar-refractivity contribution in [3.63, 3.8) is 0 Å². The molecule has 1 aliphatic rings. The Bertz CT molecular complexity index is 283. The number of nitrogens with two attached hydrogens (primary N) is 1. The summed E-state index contributed by atoms with van der Waals surface area (Å²) in [6, 6.07) is 0. The number of carbonyl (C=O) groups is 2. The number of carboxylic acid groups (broad SMARTS) is 1. The lowest BCUT2D eigenvalue weighted by atomic mass is 9.75. The van der Waals surface area contributed by atoms with Crippen molar-refractivity contribution in [3.05, 3.63) is 0 Å². The first kappa shape index (κ1) is 14.0. The molecule has 1 fully saturated rings. The number of aliphatic carboxylic acids is 1. The van der Waals surface area contributed by atoms with Gasteiger partial charge in [0.15, 0.2) is 0 Å². The van der Waals surface area contributed by atoms with E-state index in [4.69, 9.17) is 5.73 Å². The molecule has 0 saturated heterocycles. The molecular formula is C12H22N2O3. The molecule has 1 amide bonds. The summed E-state index contributed by atoms with van der Waals surface area (Å²) in [7, 11) is 0. The molecule has 0 spiro atoms. The van der Waals surface area contributed by atoms with Gasteiger partial charge in [-0.05, 0) is 31.6 Å². The molecule has 1 saturated carbocycles. The number of amides is 1. The van der Waals surface area contributed by atoms with Crippen molar-refractivity contribution < 1.29 is 14.7 Å². The highest BCUT2D eigenvalue weighted by Crippen LogP contribution is 2.34. The van der Waals surface area contributed by atoms with Gasteiger partial charge in [-0.1, -0.05) is 13.3 Å². The molecule has 0 aromatic carbocycles. The summed E-state index contributed by atoms with van der Waals surface area (Å²) < 4.78 is 0. The molecule has 1 aliphatic carbocycles. The van der Waals surface area contributed by atoms with Crippen LogP contribution in [0.4, 0.5) is 0 Å². The molecule has 98 valence electrons. The SMILES string of the molecule is CCC1CCC(NC(=O)CCN)(C(=O)O)CC1. The quantitative estimate of drug-likeness (QED) is 0.667. The van der Waals surface area contributed by atoms with Crippen LogP contribution >= 0.6 is 0 Å². The van der Waals surface area contributed by atoms with Crippen LogP contribution in [-0.2, 0) is 9.59 Å². The number of rotatable bonds is 5. The lowest BCUT2D eigenvalue weighted by Crippen LogP contribution is -2.56. The van der Waals surface area contributed by atoms with Crippen molar-refractivity contribution in [2.75, 3.05) is 6.54 Å². The van der Waals surface area contributed by atoms with Crippen LogP contribution in [0.25, 0.3) is 0 Å². The summed E-state index contributed by atoms with van der Waals surface area (Å²) in [6.07, 6.45) is 4.05. The Hall–Kier alpha value is -1.10. The summed E-state index contributed by atoms with van der Waals surface area (Å²) in [6.45, 7) is 2.37. The molecule has 0 aromatic rings. The number of carbonyl (C=O) groups excluding carboxylic acids is 1. The maximum absolute atomic E-state index is 11.5. The van der Waals surface area contributed by atoms with Gasteiger partial charge in [0.2, 0.25) is 5.91 Å². The standard InChI is InChI=1S/C12H22N2O3/c1-2-9-3-6-12(7-4-9,11(16)17)14-10(15)5-8-13/h9H,2-8,13H2,1H3,(H,14,15)(H,16,17). The third-order valence-electron chi connectivity index (χ3n) is 3.70. The number of carboxylic acids is 1. The molecule has 0 unspecified atom stereocenters. The van der Waals surface area contributed by atoms with E-state index >= 15 is 0 Å². The molecule has 0 bridgehead atoms. The number of hydrogen-bond donors (Lipinski definition) is 3. The van der Waals surface area contributed by atoms with E-state index in [0.29, 0.717) is 18.8 Å². The Kier molecular flexibility index (Phi) is 4.93. The van der Waals surface area contributed by atoms with E-state index in [1.165, 1.54) is 0 Å². The van der Waals surface area contributed by atoms with E-state index in [2.05, 4.69) is 12.2 Å². The van der Waals surface area contributed by atoms with E-state index in [1.807, 2.05) is 0 Å². The fourth-order valence-electron chi connectivity index (χ4n) is 2.43. The normalized spacial score (nSPS) is 28.7. The second kappa shape index (κ2) is 6.00. The van der Waals surface area contributed by atoms with Gasteiger partial charge in [0.1, 0.15) is 5.54 Å². The lowest BCUT2D eigenvalue weighted by molar-refractivity contribution is -0.149. The Morgan fingerprint density at radius 2 is 2.00 bits per heavy atom. The van der Waals surface area contributed by atoms with Crippen LogP contribution in [0.5, 0.6) is 0 Å². The highest BCUT2D eigenvalue weighted by molar-refractivity contribution is 5.87. The summed E-state index contributed by atoms with van der Waals surface area (Å²) in [5, 5.41) is 12.0. The average molecular weight is 242 g/mol. The van der Waals surface area contributed by atoms with Crippen LogP contribution in [0.3, 0.4) is 0 Å². The molecule has 4 N–H and O–H groups in total. The molecular weight excluding hydrogens is 220 g/mol. The van der Waals surface area contributed by atoms with E-state index in [9.17, 15) is 14.7 Å². The third kappa shape index (κ3) is 3.43. The van der Waals surface area contributed by atoms with Crippen molar-refractivity contribution in [1.82, 2.24) is 5.32 Å². The van der Waals surface area contributed by atoms with Crippen LogP contribution in [0.1, 0.15) is 45.4 Å². The van der Waals surface area contributed by atoms with Crippen molar-refractivity contribution in [2.45, 2.75) is 51.0 Å². The molecule has 0 atom stereocenters. The van der Waals surface area contributed by atoms with Crippen molar-refractivity contribution >= 4 is 11.9 Å². The minimum Gasteiger partial charge on any atom is -0.480 e. The predicted molar refractivity (Wildman–Crippen MR) is 64.4 cm³/mol. The van der Waals surface area contributed by atoms with Crippen LogP contribution < -0.4 is 11.1 Å². The van der Waals surface area contributed by atoms with E-state index in [0.717, 1.165) is 19.3 Å². The second-order valence-electron chi connectivity index (χ2n) is 4.83. The first-order valence-electron chi connectivity index (χ1n) is 6.28. The molecule has 0 aliphatic heterocycles. The summed E-state index contributed by atoms with van der Waals surface area (Å²) >= 11 is 0. The van der Waals surface area contributed by atoms with Gasteiger partial charge in [-0.25, -0.2) is 4.79 Å². The topological polar surface area (TPSA) is 92.4 Å². The highest BCUT2D eigenvalue weighted by atomic mass is 16.4. The minimum absolute atomic E-state index is 0.187. The molecule has 0 radical (unpaired) electrons. The van der Waals surface area contributed by atoms with E-state index in [-0.39, 0.29) is 18.9 Å². The Balaban J connectivity index is 2.65. The summed E-state index contributed by atoms with van der Waals surface area (Å²) in [5.41, 5.74) is 4.23. The molecule has 5 nitrogen and oxygen atoms in total. The van der Waals surface area contributed by atoms with E-state index in [1.54, 1.807) is 0 Å². The van der Waals surface area contributed by atoms with Crippen molar-refractivity contribution in [3.8, 4) is 0 Å². The van der Waals surface area contributed by atoms with Crippen molar-refractivity contribution in [1.29, 1.82) is 0 Å². The maximum atomic E-state index is 11.5. The van der Waals surface area contributed by atoms with Gasteiger partial charge in [-0.15, -0.1) is 0 Å². The van der Waals surface area contributed by atoms with Crippen LogP contribution in [-0.4, -0.2) is 29.1 Å². The fraction of sp³-hybridized carbons (Fsp3) is 0.833. The molecule has 17 heavy (non-hydrogen) atoms. The minimum atomic E-state index is -1.06. The molecule has 5 heteroatoms. The number of hydrogen-bond acceptors (Lipinski definition) is 3. The van der Waals surface area contributed by atoms with Crippen LogP contribution in [0.2, 0.25) is 0 Å². The fourth-order valence-corrected chi connectivity index (χ4v) is 2.43. The average Bonchev–Trinajstić information content (AvgIpc) is 2.30. The largest absolute Gasteiger partial charge is 0.480 e. The lowest BCUT2D eigenvalue weighted by Gasteiger charge is -2.37. The first-order valence-corrected chi connectivity index (χ1v) is 6.28. The first-order chi connectivity index (χ1) is 8.04.